The summed E-state index contributed by atoms with van der Waals surface area (Å²) in [6, 6.07) is 12.6. The summed E-state index contributed by atoms with van der Waals surface area (Å²) in [7, 11) is 0. The van der Waals surface area contributed by atoms with Crippen molar-refractivity contribution in [2.24, 2.45) is 0 Å². The van der Waals surface area contributed by atoms with Gasteiger partial charge in [0.1, 0.15) is 0 Å². The van der Waals surface area contributed by atoms with E-state index in [-0.39, 0.29) is 23.9 Å². The number of carbonyl (C=O) groups excluding carboxylic acids is 1. The van der Waals surface area contributed by atoms with E-state index in [9.17, 15) is 9.59 Å². The van der Waals surface area contributed by atoms with Gasteiger partial charge >= 0.3 is 0 Å². The molecular formula is C21H19Cl2N3O2. The van der Waals surface area contributed by atoms with Crippen LogP contribution >= 0.6 is 23.2 Å². The Labute approximate surface area is 172 Å². The number of halogens is 2. The Hall–Kier alpha value is -2.34. The maximum atomic E-state index is 12.9. The number of hydrogen-bond acceptors (Lipinski definition) is 3. The molecule has 2 aromatic carbocycles. The summed E-state index contributed by atoms with van der Waals surface area (Å²) in [6.07, 6.45) is 2.92. The van der Waals surface area contributed by atoms with Crippen LogP contribution in [0, 0.1) is 0 Å². The molecule has 1 atom stereocenters. The predicted octanol–water partition coefficient (Wildman–Crippen LogP) is 4.02. The second-order valence-electron chi connectivity index (χ2n) is 6.92. The Morgan fingerprint density at radius 1 is 1.14 bits per heavy atom. The van der Waals surface area contributed by atoms with Crippen LogP contribution in [0.3, 0.4) is 0 Å². The maximum absolute atomic E-state index is 12.9. The zero-order valence-corrected chi connectivity index (χ0v) is 16.6. The van der Waals surface area contributed by atoms with Crippen molar-refractivity contribution in [2.45, 2.75) is 18.9 Å². The first-order valence-corrected chi connectivity index (χ1v) is 9.87. The number of carbonyl (C=O) groups is 1. The predicted molar refractivity (Wildman–Crippen MR) is 114 cm³/mol. The number of rotatable bonds is 4. The number of benzene rings is 2. The summed E-state index contributed by atoms with van der Waals surface area (Å²) < 4.78 is 1.78. The highest BCUT2D eigenvalue weighted by Crippen LogP contribution is 2.25. The minimum absolute atomic E-state index is 0.0354. The van der Waals surface area contributed by atoms with Gasteiger partial charge in [-0.1, -0.05) is 35.3 Å². The Bertz CT molecular complexity index is 1100. The van der Waals surface area contributed by atoms with Gasteiger partial charge in [-0.3, -0.25) is 9.59 Å². The first kappa shape index (κ1) is 19.0. The molecule has 1 fully saturated rings. The van der Waals surface area contributed by atoms with Crippen molar-refractivity contribution in [1.29, 1.82) is 0 Å². The molecular weight excluding hydrogens is 397 g/mol. The molecule has 5 nitrogen and oxygen atoms in total. The zero-order valence-electron chi connectivity index (χ0n) is 15.0. The molecule has 1 amide bonds. The SMILES string of the molecule is O=C(Cc1ccc(Cl)c(Cl)c1)Nc1cccc2c(=O)n([C@H]3CCNC3)ccc12. The lowest BCUT2D eigenvalue weighted by Crippen LogP contribution is -2.26. The fourth-order valence-electron chi connectivity index (χ4n) is 3.60. The largest absolute Gasteiger partial charge is 0.325 e. The summed E-state index contributed by atoms with van der Waals surface area (Å²) in [6.45, 7) is 1.71. The van der Waals surface area contributed by atoms with Crippen molar-refractivity contribution in [2.75, 3.05) is 18.4 Å². The Kier molecular flexibility index (Phi) is 5.40. The van der Waals surface area contributed by atoms with Crippen LogP contribution in [-0.4, -0.2) is 23.6 Å². The van der Waals surface area contributed by atoms with Crippen molar-refractivity contribution in [1.82, 2.24) is 9.88 Å². The van der Waals surface area contributed by atoms with Gasteiger partial charge in [-0.15, -0.1) is 0 Å². The molecule has 144 valence electrons. The van der Waals surface area contributed by atoms with Crippen LogP contribution in [0.2, 0.25) is 10.0 Å². The van der Waals surface area contributed by atoms with E-state index in [0.717, 1.165) is 30.5 Å². The maximum Gasteiger partial charge on any atom is 0.258 e. The number of amides is 1. The topological polar surface area (TPSA) is 63.1 Å². The molecule has 1 aliphatic heterocycles. The Morgan fingerprint density at radius 2 is 2.00 bits per heavy atom. The lowest BCUT2D eigenvalue weighted by atomic mass is 10.1. The highest BCUT2D eigenvalue weighted by Gasteiger charge is 2.18. The van der Waals surface area contributed by atoms with Gasteiger partial charge in [-0.25, -0.2) is 0 Å². The minimum atomic E-state index is -0.185. The van der Waals surface area contributed by atoms with Crippen molar-refractivity contribution >= 4 is 45.6 Å². The van der Waals surface area contributed by atoms with Crippen LogP contribution < -0.4 is 16.2 Å². The highest BCUT2D eigenvalue weighted by atomic mass is 35.5. The van der Waals surface area contributed by atoms with Crippen LogP contribution in [0.25, 0.3) is 10.8 Å². The molecule has 0 aliphatic carbocycles. The molecule has 7 heteroatoms. The van der Waals surface area contributed by atoms with Crippen LogP contribution in [0.4, 0.5) is 5.69 Å². The number of anilines is 1. The van der Waals surface area contributed by atoms with Crippen molar-refractivity contribution < 1.29 is 4.79 Å². The molecule has 2 N–H and O–H groups in total. The van der Waals surface area contributed by atoms with E-state index in [1.807, 2.05) is 12.3 Å². The molecule has 1 saturated heterocycles. The normalized spacial score (nSPS) is 16.4. The van der Waals surface area contributed by atoms with Gasteiger partial charge < -0.3 is 15.2 Å². The Balaban J connectivity index is 1.60. The van der Waals surface area contributed by atoms with Gasteiger partial charge in [-0.05, 0) is 48.9 Å². The van der Waals surface area contributed by atoms with E-state index in [2.05, 4.69) is 10.6 Å². The fourth-order valence-corrected chi connectivity index (χ4v) is 3.92. The molecule has 28 heavy (non-hydrogen) atoms. The molecule has 4 rings (SSSR count). The quantitative estimate of drug-likeness (QED) is 0.675. The van der Waals surface area contributed by atoms with E-state index < -0.39 is 0 Å². The van der Waals surface area contributed by atoms with E-state index in [1.54, 1.807) is 41.0 Å². The lowest BCUT2D eigenvalue weighted by Gasteiger charge is -2.15. The second kappa shape index (κ2) is 7.95. The van der Waals surface area contributed by atoms with Crippen LogP contribution in [0.15, 0.2) is 53.5 Å². The number of nitrogens with zero attached hydrogens (tertiary/aromatic N) is 1. The third-order valence-corrected chi connectivity index (χ3v) is 5.76. The first-order valence-electron chi connectivity index (χ1n) is 9.11. The minimum Gasteiger partial charge on any atom is -0.325 e. The van der Waals surface area contributed by atoms with E-state index in [0.29, 0.717) is 21.1 Å². The van der Waals surface area contributed by atoms with Gasteiger partial charge in [0, 0.05) is 29.2 Å². The number of pyridine rings is 1. The van der Waals surface area contributed by atoms with Gasteiger partial charge in [0.05, 0.1) is 22.5 Å². The fraction of sp³-hybridized carbons (Fsp3) is 0.238. The molecule has 0 unspecified atom stereocenters. The molecule has 2 heterocycles. The first-order chi connectivity index (χ1) is 13.5. The van der Waals surface area contributed by atoms with Gasteiger partial charge in [0.15, 0.2) is 0 Å². The van der Waals surface area contributed by atoms with Crippen molar-refractivity contribution in [3.05, 3.63) is 74.6 Å². The van der Waals surface area contributed by atoms with E-state index in [4.69, 9.17) is 23.2 Å². The van der Waals surface area contributed by atoms with Gasteiger partial charge in [0.25, 0.3) is 5.56 Å². The number of nitrogens with one attached hydrogen (secondary N) is 2. The summed E-state index contributed by atoms with van der Waals surface area (Å²) >= 11 is 11.9. The standard InChI is InChI=1S/C21H19Cl2N3O2/c22-17-5-4-13(10-18(17)23)11-20(27)25-19-3-1-2-16-15(19)7-9-26(21(16)28)14-6-8-24-12-14/h1-5,7,9-10,14,24H,6,8,11-12H2,(H,25,27)/t14-/m0/s1. The highest BCUT2D eigenvalue weighted by molar-refractivity contribution is 6.42. The number of fused-ring (bicyclic) bond motifs is 1. The smallest absolute Gasteiger partial charge is 0.258 e. The average molecular weight is 416 g/mol. The third-order valence-electron chi connectivity index (χ3n) is 5.02. The number of hydrogen-bond donors (Lipinski definition) is 2. The summed E-state index contributed by atoms with van der Waals surface area (Å²) in [5.74, 6) is -0.185. The summed E-state index contributed by atoms with van der Waals surface area (Å²) in [5.41, 5.74) is 1.35. The molecule has 0 radical (unpaired) electrons. The molecule has 3 aromatic rings. The van der Waals surface area contributed by atoms with Crippen molar-refractivity contribution in [3.8, 4) is 0 Å². The zero-order chi connectivity index (χ0) is 19.7. The van der Waals surface area contributed by atoms with Gasteiger partial charge in [-0.2, -0.15) is 0 Å². The molecule has 1 aliphatic rings. The molecule has 0 saturated carbocycles. The van der Waals surface area contributed by atoms with Crippen LogP contribution in [0.5, 0.6) is 0 Å². The summed E-state index contributed by atoms with van der Waals surface area (Å²) in [4.78, 5) is 25.4. The molecule has 0 bridgehead atoms. The van der Waals surface area contributed by atoms with Crippen LogP contribution in [0.1, 0.15) is 18.0 Å². The molecule has 0 spiro atoms. The van der Waals surface area contributed by atoms with Crippen molar-refractivity contribution in [3.63, 3.8) is 0 Å². The summed E-state index contributed by atoms with van der Waals surface area (Å²) in [5, 5.41) is 8.39. The average Bonchev–Trinajstić information content (AvgIpc) is 3.20. The van der Waals surface area contributed by atoms with Crippen LogP contribution in [-0.2, 0) is 11.2 Å². The number of aromatic nitrogens is 1. The Morgan fingerprint density at radius 3 is 2.75 bits per heavy atom. The lowest BCUT2D eigenvalue weighted by molar-refractivity contribution is -0.115. The van der Waals surface area contributed by atoms with E-state index in [1.165, 1.54) is 0 Å². The third kappa shape index (κ3) is 3.78. The second-order valence-corrected chi connectivity index (χ2v) is 7.73. The molecule has 1 aromatic heterocycles. The van der Waals surface area contributed by atoms with Gasteiger partial charge in [0.2, 0.25) is 5.91 Å². The van der Waals surface area contributed by atoms with E-state index >= 15 is 0 Å². The monoisotopic (exact) mass is 415 g/mol.